The van der Waals surface area contributed by atoms with E-state index in [9.17, 15) is 13.6 Å². The quantitative estimate of drug-likeness (QED) is 0.621. The topological polar surface area (TPSA) is 70.2 Å². The van der Waals surface area contributed by atoms with E-state index < -0.39 is 11.6 Å². The third-order valence-electron chi connectivity index (χ3n) is 6.51. The van der Waals surface area contributed by atoms with Gasteiger partial charge in [0.25, 0.3) is 5.91 Å². The van der Waals surface area contributed by atoms with Gasteiger partial charge in [-0.1, -0.05) is 0 Å². The molecule has 0 saturated carbocycles. The Balaban J connectivity index is 1.58. The van der Waals surface area contributed by atoms with Crippen LogP contribution in [0.15, 0.2) is 48.9 Å². The van der Waals surface area contributed by atoms with Crippen molar-refractivity contribution in [2.24, 2.45) is 0 Å². The molecule has 2 N–H and O–H groups in total. The number of rotatable bonds is 4. The summed E-state index contributed by atoms with van der Waals surface area (Å²) in [6.07, 6.45) is 7.79. The van der Waals surface area contributed by atoms with Crippen LogP contribution in [-0.2, 0) is 0 Å². The van der Waals surface area contributed by atoms with Crippen molar-refractivity contribution in [3.63, 3.8) is 0 Å². The van der Waals surface area contributed by atoms with Crippen molar-refractivity contribution in [2.45, 2.75) is 31.7 Å². The van der Waals surface area contributed by atoms with E-state index in [2.05, 4.69) is 25.5 Å². The van der Waals surface area contributed by atoms with Crippen molar-refractivity contribution in [2.75, 3.05) is 29.9 Å². The van der Waals surface area contributed by atoms with E-state index in [1.807, 2.05) is 13.0 Å². The normalized spacial score (nSPS) is 19.9. The van der Waals surface area contributed by atoms with Crippen molar-refractivity contribution in [1.29, 1.82) is 0 Å². The van der Waals surface area contributed by atoms with Gasteiger partial charge in [-0.2, -0.15) is 0 Å². The second-order valence-electron chi connectivity index (χ2n) is 8.87. The van der Waals surface area contributed by atoms with Crippen LogP contribution in [0, 0.1) is 18.6 Å². The third-order valence-corrected chi connectivity index (χ3v) is 6.51. The molecule has 1 spiro atoms. The van der Waals surface area contributed by atoms with Gasteiger partial charge in [-0.15, -0.1) is 0 Å². The summed E-state index contributed by atoms with van der Waals surface area (Å²) in [7, 11) is 0. The molecule has 2 aliphatic heterocycles. The van der Waals surface area contributed by atoms with Crippen LogP contribution in [0.25, 0.3) is 11.1 Å². The number of halogens is 2. The Bertz CT molecular complexity index is 1170. The first-order valence-electron chi connectivity index (χ1n) is 11.1. The number of hydrogen-bond donors (Lipinski definition) is 2. The molecule has 33 heavy (non-hydrogen) atoms. The number of aryl methyl sites for hydroxylation is 1. The van der Waals surface area contributed by atoms with Gasteiger partial charge in [0.15, 0.2) is 0 Å². The van der Waals surface area contributed by atoms with E-state index in [1.54, 1.807) is 18.5 Å². The van der Waals surface area contributed by atoms with Crippen LogP contribution in [0.3, 0.4) is 0 Å². The Hall–Kier alpha value is -3.39. The van der Waals surface area contributed by atoms with E-state index >= 15 is 0 Å². The molecule has 4 heterocycles. The predicted octanol–water partition coefficient (Wildman–Crippen LogP) is 4.31. The summed E-state index contributed by atoms with van der Waals surface area (Å²) < 4.78 is 28.1. The van der Waals surface area contributed by atoms with Crippen molar-refractivity contribution in [1.82, 2.24) is 15.3 Å². The molecule has 6 nitrogen and oxygen atoms in total. The zero-order chi connectivity index (χ0) is 23.0. The Labute approximate surface area is 191 Å². The average molecular weight is 450 g/mol. The molecule has 1 atom stereocenters. The minimum atomic E-state index is -0.674. The lowest BCUT2D eigenvalue weighted by atomic mass is 9.96. The van der Waals surface area contributed by atoms with Crippen LogP contribution in [0.5, 0.6) is 0 Å². The monoisotopic (exact) mass is 449 g/mol. The molecule has 1 amide bonds. The van der Waals surface area contributed by atoms with Gasteiger partial charge in [-0.3, -0.25) is 14.8 Å². The lowest BCUT2D eigenvalue weighted by Crippen LogP contribution is -2.42. The molecule has 0 bridgehead atoms. The second-order valence-corrected chi connectivity index (χ2v) is 8.87. The Morgan fingerprint density at radius 1 is 1.12 bits per heavy atom. The molecule has 0 radical (unpaired) electrons. The maximum absolute atomic E-state index is 14.1. The van der Waals surface area contributed by atoms with Crippen LogP contribution in [0.2, 0.25) is 0 Å². The fourth-order valence-corrected chi connectivity index (χ4v) is 4.90. The van der Waals surface area contributed by atoms with Gasteiger partial charge < -0.3 is 15.5 Å². The average Bonchev–Trinajstić information content (AvgIpc) is 3.43. The second kappa shape index (κ2) is 8.51. The molecule has 2 aliphatic rings. The SMILES string of the molecule is Cc1ccc(NC(=O)c2cncc(-c3cc(F)cc(F)c3)c2N2CCC3(CCCN3)C2)cn1. The Morgan fingerprint density at radius 2 is 1.94 bits per heavy atom. The molecule has 2 aromatic heterocycles. The number of hydrogen-bond acceptors (Lipinski definition) is 5. The van der Waals surface area contributed by atoms with Crippen LogP contribution in [0.1, 0.15) is 35.3 Å². The van der Waals surface area contributed by atoms with Crippen molar-refractivity contribution < 1.29 is 13.6 Å². The van der Waals surface area contributed by atoms with Gasteiger partial charge in [0, 0.05) is 48.3 Å². The number of carbonyl (C=O) groups is 1. The summed E-state index contributed by atoms with van der Waals surface area (Å²) in [6.45, 7) is 4.29. The van der Waals surface area contributed by atoms with Gasteiger partial charge in [0.05, 0.1) is 23.1 Å². The molecular weight excluding hydrogens is 424 g/mol. The highest BCUT2D eigenvalue weighted by molar-refractivity contribution is 6.10. The molecule has 2 saturated heterocycles. The van der Waals surface area contributed by atoms with E-state index in [0.29, 0.717) is 34.6 Å². The summed E-state index contributed by atoms with van der Waals surface area (Å²) in [6, 6.07) is 6.98. The maximum Gasteiger partial charge on any atom is 0.259 e. The molecule has 5 rings (SSSR count). The van der Waals surface area contributed by atoms with E-state index in [1.165, 1.54) is 18.3 Å². The van der Waals surface area contributed by atoms with Crippen LogP contribution >= 0.6 is 0 Å². The van der Waals surface area contributed by atoms with Gasteiger partial charge >= 0.3 is 0 Å². The Morgan fingerprint density at radius 3 is 2.64 bits per heavy atom. The Kier molecular flexibility index (Phi) is 5.54. The minimum Gasteiger partial charge on any atom is -0.368 e. The highest BCUT2D eigenvalue weighted by Gasteiger charge is 2.41. The fraction of sp³-hybridized carbons (Fsp3) is 0.320. The molecule has 1 aromatic carbocycles. The molecule has 8 heteroatoms. The zero-order valence-corrected chi connectivity index (χ0v) is 18.4. The van der Waals surface area contributed by atoms with Crippen LogP contribution in [-0.4, -0.2) is 41.0 Å². The van der Waals surface area contributed by atoms with E-state index in [-0.39, 0.29) is 11.4 Å². The fourth-order valence-electron chi connectivity index (χ4n) is 4.90. The predicted molar refractivity (Wildman–Crippen MR) is 123 cm³/mol. The number of anilines is 2. The first-order valence-corrected chi connectivity index (χ1v) is 11.1. The summed E-state index contributed by atoms with van der Waals surface area (Å²) in [4.78, 5) is 24.0. The molecule has 3 aromatic rings. The first-order chi connectivity index (χ1) is 15.9. The van der Waals surface area contributed by atoms with Gasteiger partial charge in [-0.05, 0) is 62.6 Å². The summed E-state index contributed by atoms with van der Waals surface area (Å²) in [5.41, 5.74) is 3.28. The van der Waals surface area contributed by atoms with Gasteiger partial charge in [0.1, 0.15) is 11.6 Å². The highest BCUT2D eigenvalue weighted by Crippen LogP contribution is 2.40. The number of pyridine rings is 2. The smallest absolute Gasteiger partial charge is 0.259 e. The number of amides is 1. The van der Waals surface area contributed by atoms with Crippen molar-refractivity contribution in [3.8, 4) is 11.1 Å². The lowest BCUT2D eigenvalue weighted by molar-refractivity contribution is 0.102. The number of nitrogens with zero attached hydrogens (tertiary/aromatic N) is 3. The van der Waals surface area contributed by atoms with Gasteiger partial charge in [0.2, 0.25) is 0 Å². The number of aromatic nitrogens is 2. The largest absolute Gasteiger partial charge is 0.368 e. The lowest BCUT2D eigenvalue weighted by Gasteiger charge is -2.28. The van der Waals surface area contributed by atoms with E-state index in [4.69, 9.17) is 0 Å². The number of carbonyl (C=O) groups excluding carboxylic acids is 1. The number of benzene rings is 1. The molecule has 1 unspecified atom stereocenters. The highest BCUT2D eigenvalue weighted by atomic mass is 19.1. The molecule has 170 valence electrons. The van der Waals surface area contributed by atoms with Gasteiger partial charge in [-0.25, -0.2) is 8.78 Å². The molecule has 0 aliphatic carbocycles. The first kappa shape index (κ1) is 21.5. The summed E-state index contributed by atoms with van der Waals surface area (Å²) in [5, 5.41) is 6.50. The van der Waals surface area contributed by atoms with Crippen molar-refractivity contribution in [3.05, 3.63) is 71.8 Å². The van der Waals surface area contributed by atoms with Crippen LogP contribution < -0.4 is 15.5 Å². The molecular formula is C25H25F2N5O. The van der Waals surface area contributed by atoms with Crippen LogP contribution in [0.4, 0.5) is 20.2 Å². The maximum atomic E-state index is 14.1. The third kappa shape index (κ3) is 4.30. The number of nitrogens with one attached hydrogen (secondary N) is 2. The summed E-state index contributed by atoms with van der Waals surface area (Å²) >= 11 is 0. The summed E-state index contributed by atoms with van der Waals surface area (Å²) in [5.74, 6) is -1.69. The van der Waals surface area contributed by atoms with Crippen molar-refractivity contribution >= 4 is 17.3 Å². The zero-order valence-electron chi connectivity index (χ0n) is 18.4. The van der Waals surface area contributed by atoms with E-state index in [0.717, 1.165) is 44.1 Å². The molecule has 2 fully saturated rings. The standard InChI is InChI=1S/C25H25F2N5O/c1-16-3-4-20(12-29-16)31-24(33)22-14-28-13-21(17-9-18(26)11-19(27)10-17)23(22)32-8-6-25(15-32)5-2-7-30-25/h3-4,9-14,30H,2,5-8,15H2,1H3,(H,31,33). The minimum absolute atomic E-state index is 0.00233.